The minimum absolute atomic E-state index is 0.0452. The number of hydrogen-bond donors (Lipinski definition) is 1. The van der Waals surface area contributed by atoms with Crippen molar-refractivity contribution in [3.63, 3.8) is 0 Å². The number of rotatable bonds is 5. The zero-order valence-electron chi connectivity index (χ0n) is 20.9. The summed E-state index contributed by atoms with van der Waals surface area (Å²) in [5.41, 5.74) is 4.41. The molecule has 2 amide bonds. The Kier molecular flexibility index (Phi) is 6.90. The first-order chi connectivity index (χ1) is 17.5. The van der Waals surface area contributed by atoms with E-state index in [0.717, 1.165) is 29.7 Å². The molecule has 1 aliphatic heterocycles. The lowest BCUT2D eigenvalue weighted by Crippen LogP contribution is -2.41. The average molecular weight is 481 g/mol. The van der Waals surface area contributed by atoms with Gasteiger partial charge in [0, 0.05) is 11.6 Å². The van der Waals surface area contributed by atoms with Gasteiger partial charge in [-0.15, -0.1) is 0 Å². The fraction of sp³-hybridized carbons (Fsp3) is 0.290. The number of nitrogens with one attached hydrogen (secondary N) is 1. The van der Waals surface area contributed by atoms with E-state index >= 15 is 0 Å². The Labute approximate surface area is 212 Å². The molecule has 1 N–H and O–H groups in total. The van der Waals surface area contributed by atoms with E-state index in [4.69, 9.17) is 4.74 Å². The largest absolute Gasteiger partial charge is 0.449 e. The minimum atomic E-state index is -0.192. The van der Waals surface area contributed by atoms with Crippen molar-refractivity contribution in [1.29, 1.82) is 0 Å². The highest BCUT2D eigenvalue weighted by molar-refractivity contribution is 6.09. The third-order valence-electron chi connectivity index (χ3n) is 7.19. The number of hydrogen-bond acceptors (Lipinski definition) is 3. The summed E-state index contributed by atoms with van der Waals surface area (Å²) in [6.07, 6.45) is 6.35. The summed E-state index contributed by atoms with van der Waals surface area (Å²) in [7, 11) is 0. The summed E-state index contributed by atoms with van der Waals surface area (Å²) in [5.74, 6) is 1.17. The number of benzene rings is 3. The van der Waals surface area contributed by atoms with E-state index in [2.05, 4.69) is 24.4 Å². The molecule has 0 aromatic heterocycles. The zero-order chi connectivity index (χ0) is 25.1. The predicted molar refractivity (Wildman–Crippen MR) is 143 cm³/mol. The van der Waals surface area contributed by atoms with Crippen LogP contribution in [0, 0.1) is 12.8 Å². The van der Waals surface area contributed by atoms with Crippen molar-refractivity contribution < 1.29 is 14.3 Å². The highest BCUT2D eigenvalue weighted by atomic mass is 16.5. The van der Waals surface area contributed by atoms with Gasteiger partial charge in [0.2, 0.25) is 0 Å². The summed E-state index contributed by atoms with van der Waals surface area (Å²) in [5, 5.41) is 3.20. The number of ether oxygens (including phenoxy) is 1. The number of amides is 2. The van der Waals surface area contributed by atoms with Gasteiger partial charge in [-0.25, -0.2) is 0 Å². The van der Waals surface area contributed by atoms with Gasteiger partial charge in [-0.05, 0) is 67.2 Å². The first-order valence-corrected chi connectivity index (χ1v) is 12.7. The number of carbonyl (C=O) groups excluding carboxylic acids is 2. The highest BCUT2D eigenvalue weighted by Crippen LogP contribution is 2.36. The van der Waals surface area contributed by atoms with Crippen LogP contribution >= 0.6 is 0 Å². The summed E-state index contributed by atoms with van der Waals surface area (Å²) in [6.45, 7) is 4.71. The van der Waals surface area contributed by atoms with Crippen molar-refractivity contribution >= 4 is 23.6 Å². The van der Waals surface area contributed by atoms with E-state index in [-0.39, 0.29) is 23.6 Å². The molecule has 2 aliphatic rings. The number of anilines is 1. The van der Waals surface area contributed by atoms with E-state index in [0.29, 0.717) is 23.8 Å². The highest BCUT2D eigenvalue weighted by Gasteiger charge is 2.30. The molecule has 5 heteroatoms. The first kappa shape index (κ1) is 23.9. The maximum atomic E-state index is 13.5. The Morgan fingerprint density at radius 1 is 1.00 bits per heavy atom. The molecule has 0 saturated heterocycles. The summed E-state index contributed by atoms with van der Waals surface area (Å²) in [4.78, 5) is 28.0. The molecule has 1 fully saturated rings. The van der Waals surface area contributed by atoms with Crippen LogP contribution in [0.5, 0.6) is 5.75 Å². The number of aryl methyl sites for hydroxylation is 1. The van der Waals surface area contributed by atoms with Crippen molar-refractivity contribution in [2.75, 3.05) is 4.90 Å². The fourth-order valence-corrected chi connectivity index (χ4v) is 4.96. The van der Waals surface area contributed by atoms with Gasteiger partial charge in [-0.3, -0.25) is 14.5 Å². The fourth-order valence-electron chi connectivity index (χ4n) is 4.96. The molecule has 1 saturated carbocycles. The maximum Gasteiger partial charge on any atom is 0.294 e. The van der Waals surface area contributed by atoms with Crippen LogP contribution in [0.4, 0.5) is 5.69 Å². The average Bonchev–Trinajstić information content (AvgIpc) is 2.89. The van der Waals surface area contributed by atoms with E-state index in [1.165, 1.54) is 18.4 Å². The lowest BCUT2D eigenvalue weighted by Gasteiger charge is -2.30. The molecule has 1 heterocycles. The number of fused-ring (bicyclic) bond motifs is 1. The van der Waals surface area contributed by atoms with Crippen molar-refractivity contribution in [2.45, 2.75) is 52.1 Å². The van der Waals surface area contributed by atoms with Crippen LogP contribution in [-0.4, -0.2) is 17.9 Å². The normalized spacial score (nSPS) is 20.6. The summed E-state index contributed by atoms with van der Waals surface area (Å²) < 4.78 is 6.02. The molecular weight excluding hydrogens is 448 g/mol. The van der Waals surface area contributed by atoms with Crippen LogP contribution in [0.2, 0.25) is 0 Å². The molecule has 184 valence electrons. The topological polar surface area (TPSA) is 58.6 Å². The van der Waals surface area contributed by atoms with E-state index < -0.39 is 0 Å². The van der Waals surface area contributed by atoms with Crippen LogP contribution in [0.25, 0.3) is 6.08 Å². The van der Waals surface area contributed by atoms with Crippen LogP contribution in [0.1, 0.15) is 59.7 Å². The standard InChI is InChI=1S/C31H32N2O3/c1-21-11-13-24(14-12-21)20-33-27-9-5-6-10-28(27)36-29(31(33)35)19-23-15-17-25(18-16-23)30(34)32-26-8-4-3-7-22(26)2/h5-6,9-19,22,26H,3-4,7-8,20H2,1-2H3,(H,32,34)/b29-19+/t22-,26-/m1/s1. The molecule has 2 atom stereocenters. The van der Waals surface area contributed by atoms with Crippen LogP contribution in [-0.2, 0) is 11.3 Å². The molecule has 5 nitrogen and oxygen atoms in total. The van der Waals surface area contributed by atoms with E-state index in [9.17, 15) is 9.59 Å². The summed E-state index contributed by atoms with van der Waals surface area (Å²) in [6, 6.07) is 23.3. The molecule has 3 aromatic carbocycles. The van der Waals surface area contributed by atoms with Gasteiger partial charge in [0.1, 0.15) is 0 Å². The third kappa shape index (κ3) is 5.20. The number of para-hydroxylation sites is 2. The molecule has 1 aliphatic carbocycles. The Hall–Kier alpha value is -3.86. The van der Waals surface area contributed by atoms with Gasteiger partial charge in [0.05, 0.1) is 12.2 Å². The van der Waals surface area contributed by atoms with Crippen LogP contribution < -0.4 is 15.0 Å². The van der Waals surface area contributed by atoms with E-state index in [1.807, 2.05) is 55.5 Å². The summed E-state index contributed by atoms with van der Waals surface area (Å²) >= 11 is 0. The molecule has 5 rings (SSSR count). The molecule has 3 aromatic rings. The Bertz CT molecular complexity index is 1280. The SMILES string of the molecule is Cc1ccc(CN2C(=O)/C(=C\c3ccc(C(=O)N[C@@H]4CCCC[C@H]4C)cc3)Oc3ccccc32)cc1. The minimum Gasteiger partial charge on any atom is -0.449 e. The van der Waals surface area contributed by atoms with Crippen LogP contribution in [0.3, 0.4) is 0 Å². The van der Waals surface area contributed by atoms with Crippen molar-refractivity contribution in [1.82, 2.24) is 5.32 Å². The molecule has 0 spiro atoms. The lowest BCUT2D eigenvalue weighted by molar-refractivity contribution is -0.117. The maximum absolute atomic E-state index is 13.5. The number of nitrogens with zero attached hydrogens (tertiary/aromatic N) is 1. The van der Waals surface area contributed by atoms with Crippen LogP contribution in [0.15, 0.2) is 78.6 Å². The van der Waals surface area contributed by atoms with Gasteiger partial charge in [0.15, 0.2) is 11.5 Å². The smallest absolute Gasteiger partial charge is 0.294 e. The van der Waals surface area contributed by atoms with Crippen molar-refractivity contribution in [3.05, 3.63) is 101 Å². The quantitative estimate of drug-likeness (QED) is 0.438. The van der Waals surface area contributed by atoms with E-state index in [1.54, 1.807) is 23.1 Å². The predicted octanol–water partition coefficient (Wildman–Crippen LogP) is 6.27. The van der Waals surface area contributed by atoms with Gasteiger partial charge < -0.3 is 10.1 Å². The lowest BCUT2D eigenvalue weighted by atomic mass is 9.86. The van der Waals surface area contributed by atoms with Gasteiger partial charge in [0.25, 0.3) is 11.8 Å². The second kappa shape index (κ2) is 10.4. The molecule has 0 bridgehead atoms. The third-order valence-corrected chi connectivity index (χ3v) is 7.19. The number of carbonyl (C=O) groups is 2. The van der Waals surface area contributed by atoms with Gasteiger partial charge in [-0.2, -0.15) is 0 Å². The Morgan fingerprint density at radius 3 is 2.47 bits per heavy atom. The molecule has 36 heavy (non-hydrogen) atoms. The first-order valence-electron chi connectivity index (χ1n) is 12.7. The van der Waals surface area contributed by atoms with Gasteiger partial charge in [-0.1, -0.05) is 73.9 Å². The second-order valence-corrected chi connectivity index (χ2v) is 9.92. The van der Waals surface area contributed by atoms with Crippen molar-refractivity contribution in [3.8, 4) is 5.75 Å². The monoisotopic (exact) mass is 480 g/mol. The Morgan fingerprint density at radius 2 is 1.72 bits per heavy atom. The molecule has 0 radical (unpaired) electrons. The van der Waals surface area contributed by atoms with Crippen molar-refractivity contribution in [2.24, 2.45) is 5.92 Å². The molecule has 0 unspecified atom stereocenters. The second-order valence-electron chi connectivity index (χ2n) is 9.92. The van der Waals surface area contributed by atoms with Gasteiger partial charge >= 0.3 is 0 Å². The zero-order valence-corrected chi connectivity index (χ0v) is 20.9. The Balaban J connectivity index is 1.35. The molecular formula is C31H32N2O3.